The van der Waals surface area contributed by atoms with Gasteiger partial charge in [-0.3, -0.25) is 9.69 Å². The van der Waals surface area contributed by atoms with Crippen LogP contribution in [0.4, 0.5) is 0 Å². The van der Waals surface area contributed by atoms with E-state index in [1.807, 2.05) is 29.3 Å². The number of hydrogen-bond acceptors (Lipinski definition) is 7. The molecule has 130 valence electrons. The van der Waals surface area contributed by atoms with Crippen molar-refractivity contribution in [2.45, 2.75) is 13.5 Å². The Labute approximate surface area is 148 Å². The molecule has 0 aromatic carbocycles. The molecule has 1 fully saturated rings. The fourth-order valence-corrected chi connectivity index (χ4v) is 3.55. The molecule has 7 nitrogen and oxygen atoms in total. The van der Waals surface area contributed by atoms with Crippen molar-refractivity contribution in [2.24, 2.45) is 0 Å². The Morgan fingerprint density at radius 2 is 2.12 bits per heavy atom. The predicted molar refractivity (Wildman–Crippen MR) is 92.2 cm³/mol. The number of amides is 1. The van der Waals surface area contributed by atoms with Crippen LogP contribution in [0, 0.1) is 6.92 Å². The summed E-state index contributed by atoms with van der Waals surface area (Å²) in [5.41, 5.74) is 0.644. The van der Waals surface area contributed by atoms with E-state index in [1.165, 1.54) is 0 Å². The largest absolute Gasteiger partial charge is 0.469 e. The van der Waals surface area contributed by atoms with Gasteiger partial charge in [-0.05, 0) is 24.4 Å². The summed E-state index contributed by atoms with van der Waals surface area (Å²) in [6.45, 7) is 5.32. The first-order valence-electron chi connectivity index (χ1n) is 8.13. The van der Waals surface area contributed by atoms with Crippen LogP contribution in [0.2, 0.25) is 0 Å². The first kappa shape index (κ1) is 16.0. The number of hydrogen-bond donors (Lipinski definition) is 0. The molecule has 0 unspecified atom stereocenters. The minimum atomic E-state index is 0.0312. The molecule has 0 spiro atoms. The van der Waals surface area contributed by atoms with Gasteiger partial charge in [-0.1, -0.05) is 11.2 Å². The second-order valence-electron chi connectivity index (χ2n) is 5.95. The Balaban J connectivity index is 1.33. The molecule has 3 aromatic heterocycles. The molecule has 0 aliphatic carbocycles. The third kappa shape index (κ3) is 3.35. The second-order valence-corrected chi connectivity index (χ2v) is 6.90. The molecule has 1 aliphatic rings. The molecule has 25 heavy (non-hydrogen) atoms. The maximum atomic E-state index is 12.5. The summed E-state index contributed by atoms with van der Waals surface area (Å²) in [5.74, 6) is 1.94. The van der Waals surface area contributed by atoms with E-state index in [2.05, 4.69) is 15.0 Å². The van der Waals surface area contributed by atoms with Gasteiger partial charge in [0.1, 0.15) is 5.76 Å². The highest BCUT2D eigenvalue weighted by Crippen LogP contribution is 2.22. The van der Waals surface area contributed by atoms with E-state index in [-0.39, 0.29) is 5.91 Å². The highest BCUT2D eigenvalue weighted by atomic mass is 32.1. The quantitative estimate of drug-likeness (QED) is 0.714. The van der Waals surface area contributed by atoms with Gasteiger partial charge in [0.15, 0.2) is 0 Å². The standard InChI is InChI=1S/C17H18N4O3S/c1-12-13(4-9-23-12)17(22)21-7-5-20(6-8-21)11-15-18-16(19-24-15)14-3-2-10-25-14/h2-4,9-10H,5-8,11H2,1H3. The molecule has 1 aliphatic heterocycles. The van der Waals surface area contributed by atoms with Crippen LogP contribution in [0.25, 0.3) is 10.7 Å². The van der Waals surface area contributed by atoms with Gasteiger partial charge >= 0.3 is 0 Å². The van der Waals surface area contributed by atoms with E-state index >= 15 is 0 Å². The summed E-state index contributed by atoms with van der Waals surface area (Å²) < 4.78 is 10.6. The molecule has 3 aromatic rings. The van der Waals surface area contributed by atoms with Crippen LogP contribution in [-0.4, -0.2) is 52.0 Å². The molecular weight excluding hydrogens is 340 g/mol. The Hall–Kier alpha value is -2.45. The topological polar surface area (TPSA) is 75.6 Å². The van der Waals surface area contributed by atoms with Crippen molar-refractivity contribution in [1.29, 1.82) is 0 Å². The van der Waals surface area contributed by atoms with Gasteiger partial charge in [-0.15, -0.1) is 11.3 Å². The molecule has 0 saturated carbocycles. The maximum absolute atomic E-state index is 12.5. The van der Waals surface area contributed by atoms with Crippen molar-refractivity contribution in [2.75, 3.05) is 26.2 Å². The lowest BCUT2D eigenvalue weighted by atomic mass is 10.2. The molecule has 0 N–H and O–H groups in total. The number of carbonyl (C=O) groups excluding carboxylic acids is 1. The lowest BCUT2D eigenvalue weighted by Gasteiger charge is -2.33. The molecule has 0 bridgehead atoms. The number of rotatable bonds is 4. The number of carbonyl (C=O) groups is 1. The van der Waals surface area contributed by atoms with Crippen molar-refractivity contribution >= 4 is 17.2 Å². The van der Waals surface area contributed by atoms with Crippen molar-refractivity contribution < 1.29 is 13.7 Å². The second kappa shape index (κ2) is 6.81. The maximum Gasteiger partial charge on any atom is 0.257 e. The van der Waals surface area contributed by atoms with Gasteiger partial charge < -0.3 is 13.8 Å². The van der Waals surface area contributed by atoms with E-state index in [9.17, 15) is 4.79 Å². The molecule has 4 heterocycles. The van der Waals surface area contributed by atoms with Crippen molar-refractivity contribution in [1.82, 2.24) is 19.9 Å². The summed E-state index contributed by atoms with van der Waals surface area (Å²) in [6, 6.07) is 5.67. The average Bonchev–Trinajstić information content (AvgIpc) is 3.36. The highest BCUT2D eigenvalue weighted by molar-refractivity contribution is 7.13. The van der Waals surface area contributed by atoms with Crippen molar-refractivity contribution in [3.05, 3.63) is 47.1 Å². The fraction of sp³-hybridized carbons (Fsp3) is 0.353. The van der Waals surface area contributed by atoms with Crippen molar-refractivity contribution in [3.8, 4) is 10.7 Å². The summed E-state index contributed by atoms with van der Waals surface area (Å²) in [6.07, 6.45) is 1.56. The van der Waals surface area contributed by atoms with Crippen molar-refractivity contribution in [3.63, 3.8) is 0 Å². The Morgan fingerprint density at radius 3 is 2.80 bits per heavy atom. The SMILES string of the molecule is Cc1occc1C(=O)N1CCN(Cc2nc(-c3cccs3)no2)CC1. The number of aromatic nitrogens is 2. The average molecular weight is 358 g/mol. The van der Waals surface area contributed by atoms with E-state index in [0.717, 1.165) is 18.0 Å². The number of thiophene rings is 1. The summed E-state index contributed by atoms with van der Waals surface area (Å²) >= 11 is 1.59. The van der Waals surface area contributed by atoms with Gasteiger partial charge in [0.2, 0.25) is 11.7 Å². The zero-order chi connectivity index (χ0) is 17.2. The monoisotopic (exact) mass is 358 g/mol. The Morgan fingerprint density at radius 1 is 1.28 bits per heavy atom. The molecule has 1 amide bonds. The number of piperazine rings is 1. The molecular formula is C17H18N4O3S. The van der Waals surface area contributed by atoms with Gasteiger partial charge in [0.05, 0.1) is 23.2 Å². The predicted octanol–water partition coefficient (Wildman–Crippen LogP) is 2.66. The molecule has 4 rings (SSSR count). The van der Waals surface area contributed by atoms with Crippen LogP contribution < -0.4 is 0 Å². The number of aryl methyl sites for hydroxylation is 1. The first-order valence-corrected chi connectivity index (χ1v) is 9.01. The third-order valence-electron chi connectivity index (χ3n) is 4.32. The number of furan rings is 1. The Bertz CT molecular complexity index is 847. The van der Waals surface area contributed by atoms with Gasteiger partial charge in [-0.25, -0.2) is 0 Å². The van der Waals surface area contributed by atoms with Gasteiger partial charge in [0, 0.05) is 26.2 Å². The minimum Gasteiger partial charge on any atom is -0.469 e. The molecule has 0 radical (unpaired) electrons. The van der Waals surface area contributed by atoms with Crippen LogP contribution in [0.3, 0.4) is 0 Å². The molecule has 0 atom stereocenters. The first-order chi connectivity index (χ1) is 12.2. The molecule has 8 heteroatoms. The minimum absolute atomic E-state index is 0.0312. The van der Waals surface area contributed by atoms with E-state index in [0.29, 0.717) is 42.7 Å². The third-order valence-corrected chi connectivity index (χ3v) is 5.18. The molecule has 1 saturated heterocycles. The summed E-state index contributed by atoms with van der Waals surface area (Å²) in [4.78, 5) is 22.0. The normalized spacial score (nSPS) is 15.6. The van der Waals surface area contributed by atoms with Crippen LogP contribution >= 0.6 is 11.3 Å². The van der Waals surface area contributed by atoms with E-state index in [4.69, 9.17) is 8.94 Å². The highest BCUT2D eigenvalue weighted by Gasteiger charge is 2.25. The zero-order valence-corrected chi connectivity index (χ0v) is 14.7. The van der Waals surface area contributed by atoms with Crippen LogP contribution in [-0.2, 0) is 6.54 Å². The van der Waals surface area contributed by atoms with Crippen LogP contribution in [0.15, 0.2) is 38.8 Å². The van der Waals surface area contributed by atoms with Crippen LogP contribution in [0.5, 0.6) is 0 Å². The lowest BCUT2D eigenvalue weighted by Crippen LogP contribution is -2.48. The van der Waals surface area contributed by atoms with E-state index in [1.54, 1.807) is 23.7 Å². The zero-order valence-electron chi connectivity index (χ0n) is 13.8. The fourth-order valence-electron chi connectivity index (χ4n) is 2.90. The van der Waals surface area contributed by atoms with Crippen LogP contribution in [0.1, 0.15) is 22.0 Å². The van der Waals surface area contributed by atoms with E-state index < -0.39 is 0 Å². The number of nitrogens with zero attached hydrogens (tertiary/aromatic N) is 4. The smallest absolute Gasteiger partial charge is 0.257 e. The van der Waals surface area contributed by atoms with Gasteiger partial charge in [-0.2, -0.15) is 4.98 Å². The summed E-state index contributed by atoms with van der Waals surface area (Å²) in [5, 5.41) is 6.02. The van der Waals surface area contributed by atoms with Gasteiger partial charge in [0.25, 0.3) is 5.91 Å². The lowest BCUT2D eigenvalue weighted by molar-refractivity contribution is 0.0613. The Kier molecular flexibility index (Phi) is 4.37. The summed E-state index contributed by atoms with van der Waals surface area (Å²) in [7, 11) is 0.